The lowest BCUT2D eigenvalue weighted by Gasteiger charge is -2.22. The number of esters is 1. The van der Waals surface area contributed by atoms with Gasteiger partial charge >= 0.3 is 5.97 Å². The molecule has 0 saturated carbocycles. The summed E-state index contributed by atoms with van der Waals surface area (Å²) in [7, 11) is -2.78. The summed E-state index contributed by atoms with van der Waals surface area (Å²) in [4.78, 5) is 11.6. The third-order valence-corrected chi connectivity index (χ3v) is 5.57. The van der Waals surface area contributed by atoms with E-state index in [4.69, 9.17) is 23.2 Å². The lowest BCUT2D eigenvalue weighted by molar-refractivity contribution is -0.143. The van der Waals surface area contributed by atoms with Crippen molar-refractivity contribution in [3.05, 3.63) is 28.2 Å². The molecule has 1 N–H and O–H groups in total. The van der Waals surface area contributed by atoms with E-state index in [-0.39, 0.29) is 20.9 Å². The second kappa shape index (κ2) is 7.45. The zero-order valence-electron chi connectivity index (χ0n) is 11.9. The molecule has 0 heterocycles. The fourth-order valence-electron chi connectivity index (χ4n) is 1.68. The largest absolute Gasteiger partial charge is 0.468 e. The molecule has 0 bridgehead atoms. The minimum absolute atomic E-state index is 0.0839. The second-order valence-electron chi connectivity index (χ2n) is 4.56. The number of hydrogen-bond acceptors (Lipinski definition) is 4. The Morgan fingerprint density at radius 2 is 2.00 bits per heavy atom. The van der Waals surface area contributed by atoms with E-state index < -0.39 is 22.0 Å². The minimum Gasteiger partial charge on any atom is -0.468 e. The number of benzene rings is 1. The van der Waals surface area contributed by atoms with Crippen LogP contribution in [-0.4, -0.2) is 27.5 Å². The zero-order chi connectivity index (χ0) is 16.2. The summed E-state index contributed by atoms with van der Waals surface area (Å²) in [6.07, 6.45) is 0.603. The van der Waals surface area contributed by atoms with Crippen LogP contribution in [0.5, 0.6) is 0 Å². The van der Waals surface area contributed by atoms with Crippen molar-refractivity contribution < 1.29 is 17.9 Å². The van der Waals surface area contributed by atoms with Crippen LogP contribution in [0.4, 0.5) is 0 Å². The molecule has 118 valence electrons. The average molecular weight is 354 g/mol. The maximum absolute atomic E-state index is 12.4. The van der Waals surface area contributed by atoms with Crippen molar-refractivity contribution in [2.75, 3.05) is 7.11 Å². The maximum Gasteiger partial charge on any atom is 0.324 e. The number of hydrogen-bond donors (Lipinski definition) is 1. The van der Waals surface area contributed by atoms with Gasteiger partial charge in [0.05, 0.1) is 17.2 Å². The van der Waals surface area contributed by atoms with Gasteiger partial charge in [-0.25, -0.2) is 8.42 Å². The molecule has 0 aromatic heterocycles. The molecule has 1 rings (SSSR count). The first kappa shape index (κ1) is 18.2. The van der Waals surface area contributed by atoms with Crippen LogP contribution in [0.1, 0.15) is 20.3 Å². The first-order valence-corrected chi connectivity index (χ1v) is 8.52. The lowest BCUT2D eigenvalue weighted by Crippen LogP contribution is -2.45. The van der Waals surface area contributed by atoms with E-state index in [0.29, 0.717) is 6.42 Å². The number of carbonyl (C=O) groups is 1. The third kappa shape index (κ3) is 4.32. The highest BCUT2D eigenvalue weighted by Gasteiger charge is 2.31. The summed E-state index contributed by atoms with van der Waals surface area (Å²) in [6, 6.07) is 3.29. The van der Waals surface area contributed by atoms with Gasteiger partial charge in [0, 0.05) is 0 Å². The van der Waals surface area contributed by atoms with Gasteiger partial charge in [0.2, 0.25) is 10.0 Å². The monoisotopic (exact) mass is 353 g/mol. The van der Waals surface area contributed by atoms with Gasteiger partial charge in [0.25, 0.3) is 0 Å². The van der Waals surface area contributed by atoms with E-state index >= 15 is 0 Å². The molecule has 0 spiro atoms. The highest BCUT2D eigenvalue weighted by Crippen LogP contribution is 2.29. The molecule has 8 heteroatoms. The Kier molecular flexibility index (Phi) is 6.46. The molecule has 2 atom stereocenters. The Hall–Kier alpha value is -0.820. The summed E-state index contributed by atoms with van der Waals surface area (Å²) in [5.74, 6) is -0.878. The number of ether oxygens (including phenoxy) is 1. The predicted octanol–water partition coefficient (Wildman–Crippen LogP) is 2.86. The van der Waals surface area contributed by atoms with Crippen molar-refractivity contribution in [2.45, 2.75) is 31.2 Å². The molecule has 1 aromatic carbocycles. The summed E-state index contributed by atoms with van der Waals surface area (Å²) in [6.45, 7) is 3.60. The van der Waals surface area contributed by atoms with Gasteiger partial charge in [-0.2, -0.15) is 4.72 Å². The Bertz CT molecular complexity index is 619. The van der Waals surface area contributed by atoms with Crippen LogP contribution in [0, 0.1) is 5.92 Å². The Morgan fingerprint density at radius 1 is 1.38 bits per heavy atom. The second-order valence-corrected chi connectivity index (χ2v) is 7.03. The minimum atomic E-state index is -3.99. The van der Waals surface area contributed by atoms with Gasteiger partial charge in [-0.3, -0.25) is 4.79 Å². The zero-order valence-corrected chi connectivity index (χ0v) is 14.2. The van der Waals surface area contributed by atoms with Crippen LogP contribution in [0.15, 0.2) is 23.1 Å². The van der Waals surface area contributed by atoms with E-state index in [9.17, 15) is 13.2 Å². The molecule has 5 nitrogen and oxygen atoms in total. The van der Waals surface area contributed by atoms with Crippen molar-refractivity contribution in [2.24, 2.45) is 5.92 Å². The van der Waals surface area contributed by atoms with E-state index in [1.807, 2.05) is 6.92 Å². The SMILES string of the molecule is CC[C@@H](C)[C@H](NS(=O)(=O)c1cccc(Cl)c1Cl)C(=O)OC. The molecule has 0 aliphatic carbocycles. The van der Waals surface area contributed by atoms with Gasteiger partial charge in [0.15, 0.2) is 0 Å². The van der Waals surface area contributed by atoms with Crippen molar-refractivity contribution in [1.29, 1.82) is 0 Å². The number of methoxy groups -OCH3 is 1. The summed E-state index contributed by atoms with van der Waals surface area (Å²) in [5.41, 5.74) is 0. The highest BCUT2D eigenvalue weighted by atomic mass is 35.5. The van der Waals surface area contributed by atoms with E-state index in [1.54, 1.807) is 6.92 Å². The molecular formula is C13H17Cl2NO4S. The van der Waals surface area contributed by atoms with Gasteiger partial charge in [0.1, 0.15) is 10.9 Å². The quantitative estimate of drug-likeness (QED) is 0.798. The fourth-order valence-corrected chi connectivity index (χ4v) is 3.74. The van der Waals surface area contributed by atoms with Crippen LogP contribution in [0.3, 0.4) is 0 Å². The van der Waals surface area contributed by atoms with Crippen LogP contribution in [0.25, 0.3) is 0 Å². The Labute approximate surface area is 134 Å². The van der Waals surface area contributed by atoms with Crippen LogP contribution in [0.2, 0.25) is 10.0 Å². The van der Waals surface area contributed by atoms with Gasteiger partial charge in [-0.05, 0) is 18.1 Å². The third-order valence-electron chi connectivity index (χ3n) is 3.16. The summed E-state index contributed by atoms with van der Waals surface area (Å²) in [5, 5.41) is 0.0390. The standard InChI is InChI=1S/C13H17Cl2NO4S/c1-4-8(2)12(13(17)20-3)16-21(18,19)10-7-5-6-9(14)11(10)15/h5-8,12,16H,4H2,1-3H3/t8-,12+/m1/s1. The molecule has 0 unspecified atom stereocenters. The molecule has 0 amide bonds. The maximum atomic E-state index is 12.4. The number of nitrogens with one attached hydrogen (secondary N) is 1. The predicted molar refractivity (Wildman–Crippen MR) is 82.0 cm³/mol. The van der Waals surface area contributed by atoms with Gasteiger partial charge in [-0.1, -0.05) is 49.5 Å². The number of rotatable bonds is 6. The van der Waals surface area contributed by atoms with E-state index in [0.717, 1.165) is 0 Å². The molecule has 0 fully saturated rings. The normalized spacial score (nSPS) is 14.5. The number of halogens is 2. The van der Waals surface area contributed by atoms with Crippen molar-refractivity contribution in [3.8, 4) is 0 Å². The first-order valence-electron chi connectivity index (χ1n) is 6.28. The first-order chi connectivity index (χ1) is 9.74. The molecule has 1 aromatic rings. The average Bonchev–Trinajstić information content (AvgIpc) is 2.45. The Balaban J connectivity index is 3.18. The van der Waals surface area contributed by atoms with Crippen molar-refractivity contribution in [3.63, 3.8) is 0 Å². The number of carbonyl (C=O) groups excluding carboxylic acids is 1. The molecule has 0 saturated heterocycles. The fraction of sp³-hybridized carbons (Fsp3) is 0.462. The van der Waals surface area contributed by atoms with Crippen LogP contribution < -0.4 is 4.72 Å². The molecule has 0 aliphatic rings. The van der Waals surface area contributed by atoms with Gasteiger partial charge < -0.3 is 4.74 Å². The summed E-state index contributed by atoms with van der Waals surface area (Å²) >= 11 is 11.7. The number of sulfonamides is 1. The van der Waals surface area contributed by atoms with Crippen LogP contribution >= 0.6 is 23.2 Å². The lowest BCUT2D eigenvalue weighted by atomic mass is 10.0. The topological polar surface area (TPSA) is 72.5 Å². The summed E-state index contributed by atoms with van der Waals surface area (Å²) < 4.78 is 31.8. The van der Waals surface area contributed by atoms with Crippen molar-refractivity contribution in [1.82, 2.24) is 4.72 Å². The van der Waals surface area contributed by atoms with E-state index in [2.05, 4.69) is 9.46 Å². The molecule has 0 radical (unpaired) electrons. The molecule has 21 heavy (non-hydrogen) atoms. The van der Waals surface area contributed by atoms with E-state index in [1.165, 1.54) is 25.3 Å². The molecular weight excluding hydrogens is 337 g/mol. The van der Waals surface area contributed by atoms with Gasteiger partial charge in [-0.15, -0.1) is 0 Å². The van der Waals surface area contributed by atoms with Crippen molar-refractivity contribution >= 4 is 39.2 Å². The Morgan fingerprint density at radius 3 is 2.52 bits per heavy atom. The van der Waals surface area contributed by atoms with Crippen LogP contribution in [-0.2, 0) is 19.6 Å². The smallest absolute Gasteiger partial charge is 0.324 e. The highest BCUT2D eigenvalue weighted by molar-refractivity contribution is 7.89. The molecule has 0 aliphatic heterocycles.